The Kier molecular flexibility index (Phi) is 8.63. The predicted octanol–water partition coefficient (Wildman–Crippen LogP) is 4.87. The Morgan fingerprint density at radius 2 is 1.97 bits per heavy atom. The van der Waals surface area contributed by atoms with Crippen molar-refractivity contribution in [3.05, 3.63) is 41.2 Å². The molecule has 2 N–H and O–H groups in total. The molecule has 1 atom stereocenters. The summed E-state index contributed by atoms with van der Waals surface area (Å²) in [5.41, 5.74) is -1.34. The third kappa shape index (κ3) is 6.32. The number of piperidine rings is 1. The van der Waals surface area contributed by atoms with Crippen molar-refractivity contribution in [1.82, 2.24) is 9.97 Å². The first-order valence-electron chi connectivity index (χ1n) is 9.90. The van der Waals surface area contributed by atoms with Gasteiger partial charge >= 0.3 is 6.18 Å². The molecule has 0 radical (unpaired) electrons. The summed E-state index contributed by atoms with van der Waals surface area (Å²) < 4.78 is 68.2. The molecule has 0 saturated carbocycles. The number of pyridine rings is 2. The van der Waals surface area contributed by atoms with Crippen LogP contribution in [0.2, 0.25) is 0 Å². The summed E-state index contributed by atoms with van der Waals surface area (Å²) in [4.78, 5) is 22.5. The fourth-order valence-corrected chi connectivity index (χ4v) is 3.77. The van der Waals surface area contributed by atoms with Crippen molar-refractivity contribution in [2.45, 2.75) is 37.4 Å². The van der Waals surface area contributed by atoms with Gasteiger partial charge in [-0.25, -0.2) is 18.7 Å². The highest BCUT2D eigenvalue weighted by Crippen LogP contribution is 2.38. The SMILES string of the molecule is CO.CSc1cc(NC(=O)c2cc(C(F)(F)F)c(C)nc2N2CCC(F)(F)C(C)C2)ccn1. The van der Waals surface area contributed by atoms with Gasteiger partial charge in [0.2, 0.25) is 0 Å². The number of hydrogen-bond donors (Lipinski definition) is 2. The minimum Gasteiger partial charge on any atom is -0.400 e. The van der Waals surface area contributed by atoms with Crippen LogP contribution in [0.4, 0.5) is 33.5 Å². The average molecular weight is 493 g/mol. The van der Waals surface area contributed by atoms with E-state index in [0.29, 0.717) is 10.7 Å². The van der Waals surface area contributed by atoms with Gasteiger partial charge in [0.05, 0.1) is 21.8 Å². The Hall–Kier alpha value is -2.47. The summed E-state index contributed by atoms with van der Waals surface area (Å²) in [5.74, 6) is -4.77. The summed E-state index contributed by atoms with van der Waals surface area (Å²) >= 11 is 1.34. The molecule has 0 aromatic carbocycles. The average Bonchev–Trinajstić information content (AvgIpc) is 2.76. The molecule has 0 bridgehead atoms. The molecule has 33 heavy (non-hydrogen) atoms. The van der Waals surface area contributed by atoms with E-state index >= 15 is 0 Å². The molecule has 1 aliphatic rings. The van der Waals surface area contributed by atoms with Crippen LogP contribution >= 0.6 is 11.8 Å². The monoisotopic (exact) mass is 492 g/mol. The molecular weight excluding hydrogens is 467 g/mol. The topological polar surface area (TPSA) is 78.3 Å². The van der Waals surface area contributed by atoms with Gasteiger partial charge < -0.3 is 15.3 Å². The van der Waals surface area contributed by atoms with Crippen molar-refractivity contribution in [3.8, 4) is 0 Å². The highest BCUT2D eigenvalue weighted by atomic mass is 32.2. The Labute approximate surface area is 192 Å². The van der Waals surface area contributed by atoms with Crippen molar-refractivity contribution < 1.29 is 31.9 Å². The van der Waals surface area contributed by atoms with Gasteiger partial charge in [-0.3, -0.25) is 4.79 Å². The number of amides is 1. The van der Waals surface area contributed by atoms with E-state index < -0.39 is 35.9 Å². The summed E-state index contributed by atoms with van der Waals surface area (Å²) in [7, 11) is 1.00. The quantitative estimate of drug-likeness (QED) is 0.469. The maximum absolute atomic E-state index is 13.9. The number of aromatic nitrogens is 2. The predicted molar refractivity (Wildman–Crippen MR) is 117 cm³/mol. The highest BCUT2D eigenvalue weighted by molar-refractivity contribution is 7.98. The molecule has 3 heterocycles. The van der Waals surface area contributed by atoms with Gasteiger partial charge in [-0.05, 0) is 31.4 Å². The normalized spacial score (nSPS) is 17.8. The number of aliphatic hydroxyl groups excluding tert-OH is 1. The lowest BCUT2D eigenvalue weighted by molar-refractivity contribution is -0.138. The number of hydrogen-bond acceptors (Lipinski definition) is 6. The van der Waals surface area contributed by atoms with Crippen LogP contribution < -0.4 is 10.2 Å². The van der Waals surface area contributed by atoms with Crippen LogP contribution in [0.25, 0.3) is 0 Å². The van der Waals surface area contributed by atoms with E-state index in [2.05, 4.69) is 15.3 Å². The van der Waals surface area contributed by atoms with E-state index in [1.54, 1.807) is 12.3 Å². The van der Waals surface area contributed by atoms with Crippen molar-refractivity contribution in [3.63, 3.8) is 0 Å². The molecule has 1 fully saturated rings. The zero-order valence-corrected chi connectivity index (χ0v) is 19.3. The van der Waals surface area contributed by atoms with Crippen LogP contribution in [0.5, 0.6) is 0 Å². The number of carbonyl (C=O) groups is 1. The van der Waals surface area contributed by atoms with E-state index in [4.69, 9.17) is 5.11 Å². The lowest BCUT2D eigenvalue weighted by Crippen LogP contribution is -2.46. The molecule has 1 unspecified atom stereocenters. The van der Waals surface area contributed by atoms with Crippen LogP contribution in [0, 0.1) is 12.8 Å². The molecule has 182 valence electrons. The number of halogens is 5. The fourth-order valence-electron chi connectivity index (χ4n) is 3.36. The van der Waals surface area contributed by atoms with Crippen molar-refractivity contribution in [2.24, 2.45) is 5.92 Å². The van der Waals surface area contributed by atoms with Crippen molar-refractivity contribution in [2.75, 3.05) is 36.7 Å². The molecule has 3 rings (SSSR count). The van der Waals surface area contributed by atoms with Crippen molar-refractivity contribution in [1.29, 1.82) is 0 Å². The van der Waals surface area contributed by atoms with Gasteiger partial charge in [-0.1, -0.05) is 6.92 Å². The minimum absolute atomic E-state index is 0.0375. The second kappa shape index (κ2) is 10.6. The van der Waals surface area contributed by atoms with Gasteiger partial charge in [0.25, 0.3) is 11.8 Å². The molecule has 1 saturated heterocycles. The first-order chi connectivity index (χ1) is 15.4. The minimum atomic E-state index is -4.71. The number of anilines is 2. The van der Waals surface area contributed by atoms with Gasteiger partial charge in [0.15, 0.2) is 0 Å². The van der Waals surface area contributed by atoms with Crippen LogP contribution in [0.15, 0.2) is 29.4 Å². The number of aliphatic hydroxyl groups is 1. The lowest BCUT2D eigenvalue weighted by atomic mass is 9.95. The van der Waals surface area contributed by atoms with Crippen LogP contribution in [0.1, 0.15) is 35.0 Å². The van der Waals surface area contributed by atoms with E-state index in [9.17, 15) is 26.7 Å². The first-order valence-corrected chi connectivity index (χ1v) is 11.1. The smallest absolute Gasteiger partial charge is 0.400 e. The molecule has 6 nitrogen and oxygen atoms in total. The molecule has 0 aliphatic carbocycles. The third-order valence-electron chi connectivity index (χ3n) is 5.17. The number of alkyl halides is 5. The second-order valence-corrected chi connectivity index (χ2v) is 8.22. The largest absolute Gasteiger partial charge is 0.418 e. The van der Waals surface area contributed by atoms with Crippen LogP contribution in [-0.4, -0.2) is 53.4 Å². The summed E-state index contributed by atoms with van der Waals surface area (Å²) in [5, 5.41) is 10.2. The second-order valence-electron chi connectivity index (χ2n) is 7.39. The number of nitrogens with one attached hydrogen (secondary N) is 1. The van der Waals surface area contributed by atoms with E-state index in [0.717, 1.165) is 13.2 Å². The van der Waals surface area contributed by atoms with Crippen LogP contribution in [0.3, 0.4) is 0 Å². The maximum atomic E-state index is 13.9. The molecule has 1 aliphatic heterocycles. The third-order valence-corrected chi connectivity index (χ3v) is 5.82. The summed E-state index contributed by atoms with van der Waals surface area (Å²) in [6, 6.07) is 3.83. The van der Waals surface area contributed by atoms with Gasteiger partial charge in [0.1, 0.15) is 5.82 Å². The van der Waals surface area contributed by atoms with Gasteiger partial charge in [-0.15, -0.1) is 11.8 Å². The Morgan fingerprint density at radius 1 is 1.30 bits per heavy atom. The van der Waals surface area contributed by atoms with E-state index in [-0.39, 0.29) is 30.2 Å². The number of aryl methyl sites for hydroxylation is 1. The molecule has 0 spiro atoms. The Balaban J connectivity index is 0.00000187. The summed E-state index contributed by atoms with van der Waals surface area (Å²) in [6.45, 7) is 2.30. The number of carbonyl (C=O) groups excluding carboxylic acids is 1. The zero-order chi connectivity index (χ0) is 25.0. The molecule has 12 heteroatoms. The van der Waals surface area contributed by atoms with E-state index in [1.165, 1.54) is 42.8 Å². The zero-order valence-electron chi connectivity index (χ0n) is 18.5. The Morgan fingerprint density at radius 3 is 2.55 bits per heavy atom. The number of rotatable bonds is 4. The Bertz CT molecular complexity index is 988. The van der Waals surface area contributed by atoms with Crippen molar-refractivity contribution >= 4 is 29.2 Å². The highest BCUT2D eigenvalue weighted by Gasteiger charge is 2.43. The van der Waals surface area contributed by atoms with E-state index in [1.807, 2.05) is 0 Å². The molecular formula is C21H25F5N4O2S. The fraction of sp³-hybridized carbons (Fsp3) is 0.476. The lowest BCUT2D eigenvalue weighted by Gasteiger charge is -2.38. The number of nitrogens with zero attached hydrogens (tertiary/aromatic N) is 3. The standard InChI is InChI=1S/C20H21F5N4OS.CH4O/c1-11-10-29(7-5-19(11,21)22)17-14(9-15(12(2)27-17)20(23,24)25)18(30)28-13-4-6-26-16(8-13)31-3;1-2/h4,6,8-9,11H,5,7,10H2,1-3H3,(H,26,28,30);2H,1H3. The molecule has 1 amide bonds. The summed E-state index contributed by atoms with van der Waals surface area (Å²) in [6.07, 6.45) is -1.93. The first kappa shape index (κ1) is 26.8. The van der Waals surface area contributed by atoms with Gasteiger partial charge in [0, 0.05) is 44.4 Å². The van der Waals surface area contributed by atoms with Crippen LogP contribution in [-0.2, 0) is 6.18 Å². The number of thioether (sulfide) groups is 1. The molecule has 2 aromatic heterocycles. The maximum Gasteiger partial charge on any atom is 0.418 e. The van der Waals surface area contributed by atoms with Gasteiger partial charge in [-0.2, -0.15) is 13.2 Å². The molecule has 2 aromatic rings.